The summed E-state index contributed by atoms with van der Waals surface area (Å²) < 4.78 is 39.7. The minimum atomic E-state index is -4.40. The second kappa shape index (κ2) is 5.91. The van der Waals surface area contributed by atoms with Crippen LogP contribution in [-0.4, -0.2) is 48.7 Å². The van der Waals surface area contributed by atoms with Crippen molar-refractivity contribution in [1.82, 2.24) is 4.90 Å². The molecule has 0 N–H and O–H groups in total. The molecule has 0 aromatic heterocycles. The van der Waals surface area contributed by atoms with Crippen molar-refractivity contribution in [3.8, 4) is 0 Å². The van der Waals surface area contributed by atoms with Crippen molar-refractivity contribution in [2.75, 3.05) is 26.3 Å². The second-order valence-electron chi connectivity index (χ2n) is 4.23. The van der Waals surface area contributed by atoms with Gasteiger partial charge < -0.3 is 9.64 Å². The number of halogens is 4. The van der Waals surface area contributed by atoms with Crippen molar-refractivity contribution < 1.29 is 22.7 Å². The van der Waals surface area contributed by atoms with Gasteiger partial charge in [0, 0.05) is 13.1 Å². The van der Waals surface area contributed by atoms with Gasteiger partial charge in [0.1, 0.15) is 13.2 Å². The average molecular weight is 274 g/mol. The Morgan fingerprint density at radius 1 is 1.53 bits per heavy atom. The lowest BCUT2D eigenvalue weighted by atomic mass is 9.99. The molecular formula is C10H15ClF3NO2. The molecule has 1 amide bonds. The van der Waals surface area contributed by atoms with Gasteiger partial charge >= 0.3 is 6.18 Å². The fraction of sp³-hybridized carbons (Fsp3) is 0.900. The molecule has 0 aromatic rings. The van der Waals surface area contributed by atoms with E-state index in [-0.39, 0.29) is 5.38 Å². The van der Waals surface area contributed by atoms with Crippen LogP contribution in [0.5, 0.6) is 0 Å². The van der Waals surface area contributed by atoms with E-state index in [1.54, 1.807) is 0 Å². The Hall–Kier alpha value is -0.490. The zero-order chi connectivity index (χ0) is 13.1. The highest BCUT2D eigenvalue weighted by molar-refractivity contribution is 6.21. The summed E-state index contributed by atoms with van der Waals surface area (Å²) in [6, 6.07) is 0. The minimum absolute atomic E-state index is 0.143. The van der Waals surface area contributed by atoms with Gasteiger partial charge in [-0.3, -0.25) is 4.79 Å². The fourth-order valence-corrected chi connectivity index (χ4v) is 1.89. The quantitative estimate of drug-likeness (QED) is 0.737. The van der Waals surface area contributed by atoms with E-state index in [1.807, 2.05) is 6.92 Å². The molecule has 7 heteroatoms. The van der Waals surface area contributed by atoms with Crippen LogP contribution in [0.1, 0.15) is 13.3 Å². The number of amides is 1. The maximum absolute atomic E-state index is 11.8. The molecule has 0 radical (unpaired) electrons. The number of piperidine rings is 1. The van der Waals surface area contributed by atoms with Crippen LogP contribution in [0.3, 0.4) is 0 Å². The predicted molar refractivity (Wildman–Crippen MR) is 56.9 cm³/mol. The van der Waals surface area contributed by atoms with Crippen molar-refractivity contribution in [1.29, 1.82) is 0 Å². The van der Waals surface area contributed by atoms with Gasteiger partial charge in [-0.1, -0.05) is 6.92 Å². The largest absolute Gasteiger partial charge is 0.411 e. The Morgan fingerprint density at radius 3 is 2.71 bits per heavy atom. The van der Waals surface area contributed by atoms with Gasteiger partial charge in [-0.15, -0.1) is 11.6 Å². The summed E-state index contributed by atoms with van der Waals surface area (Å²) in [6.45, 7) is 0.944. The SMILES string of the molecule is CC1CCN(C(=O)COCC(F)(F)F)CC1Cl. The molecule has 1 rings (SSSR count). The molecule has 1 heterocycles. The molecule has 1 fully saturated rings. The molecule has 2 unspecified atom stereocenters. The zero-order valence-corrected chi connectivity index (χ0v) is 10.2. The highest BCUT2D eigenvalue weighted by atomic mass is 35.5. The van der Waals surface area contributed by atoms with Gasteiger partial charge in [-0.05, 0) is 12.3 Å². The van der Waals surface area contributed by atoms with Crippen LogP contribution >= 0.6 is 11.6 Å². The minimum Gasteiger partial charge on any atom is -0.362 e. The topological polar surface area (TPSA) is 29.5 Å². The molecule has 1 aliphatic rings. The third-order valence-electron chi connectivity index (χ3n) is 2.71. The van der Waals surface area contributed by atoms with Gasteiger partial charge in [-0.25, -0.2) is 0 Å². The monoisotopic (exact) mass is 273 g/mol. The number of ether oxygens (including phenoxy) is 1. The highest BCUT2D eigenvalue weighted by Crippen LogP contribution is 2.22. The lowest BCUT2D eigenvalue weighted by molar-refractivity contribution is -0.178. The van der Waals surface area contributed by atoms with Crippen LogP contribution in [0.4, 0.5) is 13.2 Å². The van der Waals surface area contributed by atoms with Crippen molar-refractivity contribution in [2.45, 2.75) is 24.9 Å². The summed E-state index contributed by atoms with van der Waals surface area (Å²) in [6.07, 6.45) is -3.63. The summed E-state index contributed by atoms with van der Waals surface area (Å²) in [5.74, 6) is -0.122. The number of alkyl halides is 4. The molecule has 0 saturated carbocycles. The van der Waals surface area contributed by atoms with Crippen molar-refractivity contribution in [3.05, 3.63) is 0 Å². The summed E-state index contributed by atoms with van der Waals surface area (Å²) in [5, 5.41) is -0.143. The second-order valence-corrected chi connectivity index (χ2v) is 4.79. The molecule has 1 aliphatic heterocycles. The van der Waals surface area contributed by atoms with E-state index >= 15 is 0 Å². The summed E-state index contributed by atoms with van der Waals surface area (Å²) in [5.41, 5.74) is 0. The molecule has 17 heavy (non-hydrogen) atoms. The predicted octanol–water partition coefficient (Wildman–Crippen LogP) is 2.04. The number of carbonyl (C=O) groups excluding carboxylic acids is 1. The van der Waals surface area contributed by atoms with E-state index in [4.69, 9.17) is 11.6 Å². The maximum Gasteiger partial charge on any atom is 0.411 e. The molecule has 0 bridgehead atoms. The summed E-state index contributed by atoms with van der Waals surface area (Å²) in [7, 11) is 0. The Bertz CT molecular complexity index is 273. The normalized spacial score (nSPS) is 26.1. The summed E-state index contributed by atoms with van der Waals surface area (Å²) >= 11 is 6.00. The van der Waals surface area contributed by atoms with Gasteiger partial charge in [0.15, 0.2) is 0 Å². The lowest BCUT2D eigenvalue weighted by Crippen LogP contribution is -2.45. The van der Waals surface area contributed by atoms with E-state index < -0.39 is 25.3 Å². The number of hydrogen-bond donors (Lipinski definition) is 0. The zero-order valence-electron chi connectivity index (χ0n) is 9.47. The molecule has 1 saturated heterocycles. The first-order valence-corrected chi connectivity index (χ1v) is 5.79. The molecule has 0 spiro atoms. The van der Waals surface area contributed by atoms with Gasteiger partial charge in [-0.2, -0.15) is 13.2 Å². The molecule has 0 aromatic carbocycles. The molecular weight excluding hydrogens is 259 g/mol. The van der Waals surface area contributed by atoms with Crippen molar-refractivity contribution in [2.24, 2.45) is 5.92 Å². The Morgan fingerprint density at radius 2 is 2.18 bits per heavy atom. The van der Waals surface area contributed by atoms with E-state index in [9.17, 15) is 18.0 Å². The Kier molecular flexibility index (Phi) is 5.06. The fourth-order valence-electron chi connectivity index (χ4n) is 1.59. The number of likely N-dealkylation sites (tertiary alicyclic amines) is 1. The van der Waals surface area contributed by atoms with Gasteiger partial charge in [0.25, 0.3) is 0 Å². The maximum atomic E-state index is 11.8. The average Bonchev–Trinajstić information content (AvgIpc) is 2.20. The third kappa shape index (κ3) is 5.12. The van der Waals surface area contributed by atoms with Crippen molar-refractivity contribution >= 4 is 17.5 Å². The molecule has 2 atom stereocenters. The van der Waals surface area contributed by atoms with Crippen LogP contribution in [0.15, 0.2) is 0 Å². The first-order valence-electron chi connectivity index (χ1n) is 5.36. The number of carbonyl (C=O) groups is 1. The first-order chi connectivity index (χ1) is 7.79. The van der Waals surface area contributed by atoms with Gasteiger partial charge in [0.05, 0.1) is 5.38 Å². The Labute approximate surface area is 103 Å². The van der Waals surface area contributed by atoms with Crippen LogP contribution < -0.4 is 0 Å². The number of hydrogen-bond acceptors (Lipinski definition) is 2. The van der Waals surface area contributed by atoms with E-state index in [0.717, 1.165) is 6.42 Å². The van der Waals surface area contributed by atoms with Crippen molar-refractivity contribution in [3.63, 3.8) is 0 Å². The number of nitrogens with zero attached hydrogens (tertiary/aromatic N) is 1. The van der Waals surface area contributed by atoms with Crippen LogP contribution in [0.2, 0.25) is 0 Å². The van der Waals surface area contributed by atoms with Crippen LogP contribution in [0.25, 0.3) is 0 Å². The van der Waals surface area contributed by atoms with Crippen LogP contribution in [0, 0.1) is 5.92 Å². The number of rotatable bonds is 3. The van der Waals surface area contributed by atoms with Crippen LogP contribution in [-0.2, 0) is 9.53 Å². The molecule has 0 aliphatic carbocycles. The third-order valence-corrected chi connectivity index (χ3v) is 3.28. The van der Waals surface area contributed by atoms with E-state index in [0.29, 0.717) is 19.0 Å². The van der Waals surface area contributed by atoms with E-state index in [1.165, 1.54) is 4.90 Å². The van der Waals surface area contributed by atoms with Gasteiger partial charge in [0.2, 0.25) is 5.91 Å². The first kappa shape index (κ1) is 14.6. The lowest BCUT2D eigenvalue weighted by Gasteiger charge is -2.33. The smallest absolute Gasteiger partial charge is 0.362 e. The standard InChI is InChI=1S/C10H15ClF3NO2/c1-7-2-3-15(4-8(7)11)9(16)5-17-6-10(12,13)14/h7-8H,2-6H2,1H3. The van der Waals surface area contributed by atoms with E-state index in [2.05, 4.69) is 4.74 Å². The summed E-state index contributed by atoms with van der Waals surface area (Å²) in [4.78, 5) is 13.0. The molecule has 3 nitrogen and oxygen atoms in total. The Balaban J connectivity index is 2.29. The highest BCUT2D eigenvalue weighted by Gasteiger charge is 2.30. The molecule has 100 valence electrons.